The number of fused-ring (bicyclic) bond motifs is 1. The van der Waals surface area contributed by atoms with Crippen LogP contribution >= 0.6 is 12.2 Å². The second kappa shape index (κ2) is 5.29. The molecule has 2 N–H and O–H groups in total. The molecule has 0 radical (unpaired) electrons. The molecule has 8 heteroatoms. The van der Waals surface area contributed by atoms with E-state index in [0.717, 1.165) is 37.6 Å². The van der Waals surface area contributed by atoms with Gasteiger partial charge in [0.15, 0.2) is 5.82 Å². The van der Waals surface area contributed by atoms with Gasteiger partial charge in [0, 0.05) is 38.6 Å². The zero-order valence-electron chi connectivity index (χ0n) is 11.3. The molecule has 1 saturated heterocycles. The van der Waals surface area contributed by atoms with E-state index in [4.69, 9.17) is 18.0 Å². The number of nitrogens with zero attached hydrogens (tertiary/aromatic N) is 6. The van der Waals surface area contributed by atoms with E-state index in [2.05, 4.69) is 31.9 Å². The van der Waals surface area contributed by atoms with Crippen molar-refractivity contribution in [3.63, 3.8) is 0 Å². The zero-order valence-corrected chi connectivity index (χ0v) is 12.1. The maximum Gasteiger partial charge on any atom is 0.203 e. The molecule has 3 heterocycles. The van der Waals surface area contributed by atoms with Crippen LogP contribution in [0.25, 0.3) is 5.65 Å². The summed E-state index contributed by atoms with van der Waals surface area (Å²) in [5.74, 6) is 0.882. The van der Waals surface area contributed by atoms with Gasteiger partial charge in [-0.3, -0.25) is 9.30 Å². The molecule has 2 aromatic heterocycles. The Morgan fingerprint density at radius 2 is 2.10 bits per heavy atom. The predicted molar refractivity (Wildman–Crippen MR) is 80.8 cm³/mol. The third-order valence-corrected chi connectivity index (χ3v) is 4.11. The lowest BCUT2D eigenvalue weighted by molar-refractivity contribution is 0.239. The summed E-state index contributed by atoms with van der Waals surface area (Å²) in [6.07, 6.45) is 5.31. The molecule has 1 atom stereocenters. The molecule has 7 nitrogen and oxygen atoms in total. The van der Waals surface area contributed by atoms with Crippen molar-refractivity contribution in [2.75, 3.05) is 31.1 Å². The van der Waals surface area contributed by atoms with Crippen LogP contribution in [0.3, 0.4) is 0 Å². The maximum atomic E-state index is 5.72. The summed E-state index contributed by atoms with van der Waals surface area (Å²) in [6.45, 7) is 5.64. The van der Waals surface area contributed by atoms with Crippen molar-refractivity contribution in [3.8, 4) is 0 Å². The summed E-state index contributed by atoms with van der Waals surface area (Å²) in [7, 11) is 0. The molecule has 0 bridgehead atoms. The SMILES string of the molecule is CC(C(N)=S)N1CCN(c2nccn3cnnc23)CC1. The highest BCUT2D eigenvalue weighted by Crippen LogP contribution is 2.18. The standard InChI is InChI=1S/C12H17N7S/c1-9(10(13)20)17-4-6-18(7-5-17)11-12-16-15-8-19(12)3-2-14-11/h2-3,8-9H,4-7H2,1H3,(H2,13,20). The highest BCUT2D eigenvalue weighted by molar-refractivity contribution is 7.80. The Kier molecular flexibility index (Phi) is 3.49. The molecule has 0 spiro atoms. The van der Waals surface area contributed by atoms with Gasteiger partial charge in [-0.1, -0.05) is 12.2 Å². The van der Waals surface area contributed by atoms with Gasteiger partial charge in [0.05, 0.1) is 11.0 Å². The minimum atomic E-state index is 0.143. The molecule has 20 heavy (non-hydrogen) atoms. The molecule has 1 unspecified atom stereocenters. The number of hydrogen-bond donors (Lipinski definition) is 1. The molecule has 1 aliphatic rings. The Morgan fingerprint density at radius 3 is 2.80 bits per heavy atom. The van der Waals surface area contributed by atoms with Crippen molar-refractivity contribution in [1.82, 2.24) is 24.5 Å². The van der Waals surface area contributed by atoms with Crippen molar-refractivity contribution in [1.29, 1.82) is 0 Å². The summed E-state index contributed by atoms with van der Waals surface area (Å²) in [4.78, 5) is 9.52. The van der Waals surface area contributed by atoms with Gasteiger partial charge >= 0.3 is 0 Å². The Bertz CT molecular complexity index is 617. The highest BCUT2D eigenvalue weighted by Gasteiger charge is 2.24. The van der Waals surface area contributed by atoms with E-state index in [1.807, 2.05) is 10.6 Å². The van der Waals surface area contributed by atoms with Gasteiger partial charge < -0.3 is 10.6 Å². The first kappa shape index (κ1) is 13.2. The van der Waals surface area contributed by atoms with E-state index in [9.17, 15) is 0 Å². The number of thiocarbonyl (C=S) groups is 1. The first-order chi connectivity index (χ1) is 9.66. The number of nitrogens with two attached hydrogens (primary N) is 1. The van der Waals surface area contributed by atoms with Crippen molar-refractivity contribution in [3.05, 3.63) is 18.7 Å². The van der Waals surface area contributed by atoms with Crippen LogP contribution in [0.2, 0.25) is 0 Å². The van der Waals surface area contributed by atoms with Gasteiger partial charge in [0.1, 0.15) is 6.33 Å². The number of piperazine rings is 1. The number of anilines is 1. The van der Waals surface area contributed by atoms with Crippen LogP contribution in [-0.2, 0) is 0 Å². The topological polar surface area (TPSA) is 75.6 Å². The third-order valence-electron chi connectivity index (χ3n) is 3.77. The molecule has 0 amide bonds. The lowest BCUT2D eigenvalue weighted by atomic mass is 10.2. The van der Waals surface area contributed by atoms with Crippen LogP contribution < -0.4 is 10.6 Å². The minimum Gasteiger partial charge on any atom is -0.392 e. The summed E-state index contributed by atoms with van der Waals surface area (Å²) in [5.41, 5.74) is 6.51. The van der Waals surface area contributed by atoms with Gasteiger partial charge in [0.25, 0.3) is 0 Å². The van der Waals surface area contributed by atoms with Gasteiger partial charge in [0.2, 0.25) is 5.65 Å². The van der Waals surface area contributed by atoms with Crippen molar-refractivity contribution in [2.45, 2.75) is 13.0 Å². The number of hydrogen-bond acceptors (Lipinski definition) is 6. The molecule has 0 aromatic carbocycles. The molecule has 106 valence electrons. The molecular formula is C12H17N7S. The maximum absolute atomic E-state index is 5.72. The van der Waals surface area contributed by atoms with Crippen molar-refractivity contribution >= 4 is 28.7 Å². The van der Waals surface area contributed by atoms with E-state index >= 15 is 0 Å². The van der Waals surface area contributed by atoms with Crippen LogP contribution in [-0.4, -0.2) is 61.7 Å². The molecular weight excluding hydrogens is 274 g/mol. The normalized spacial score (nSPS) is 18.4. The van der Waals surface area contributed by atoms with Crippen LogP contribution in [0.1, 0.15) is 6.92 Å². The minimum absolute atomic E-state index is 0.143. The van der Waals surface area contributed by atoms with Gasteiger partial charge in [-0.15, -0.1) is 10.2 Å². The van der Waals surface area contributed by atoms with E-state index < -0.39 is 0 Å². The summed E-state index contributed by atoms with van der Waals surface area (Å²) in [6, 6.07) is 0.143. The van der Waals surface area contributed by atoms with Crippen LogP contribution in [0.5, 0.6) is 0 Å². The fourth-order valence-electron chi connectivity index (χ4n) is 2.47. The summed E-state index contributed by atoms with van der Waals surface area (Å²) in [5, 5.41) is 8.06. The quantitative estimate of drug-likeness (QED) is 0.793. The first-order valence-corrected chi connectivity index (χ1v) is 7.00. The number of rotatable bonds is 3. The molecule has 0 saturated carbocycles. The van der Waals surface area contributed by atoms with Crippen LogP contribution in [0.15, 0.2) is 18.7 Å². The molecule has 1 fully saturated rings. The van der Waals surface area contributed by atoms with E-state index in [1.165, 1.54) is 0 Å². The largest absolute Gasteiger partial charge is 0.392 e. The highest BCUT2D eigenvalue weighted by atomic mass is 32.1. The fraction of sp³-hybridized carbons (Fsp3) is 0.500. The lowest BCUT2D eigenvalue weighted by Crippen LogP contribution is -2.53. The summed E-state index contributed by atoms with van der Waals surface area (Å²) < 4.78 is 1.88. The fourth-order valence-corrected chi connectivity index (χ4v) is 2.62. The first-order valence-electron chi connectivity index (χ1n) is 6.59. The van der Waals surface area contributed by atoms with E-state index in [-0.39, 0.29) is 6.04 Å². The third kappa shape index (κ3) is 2.32. The molecule has 0 aliphatic carbocycles. The smallest absolute Gasteiger partial charge is 0.203 e. The summed E-state index contributed by atoms with van der Waals surface area (Å²) >= 11 is 5.06. The van der Waals surface area contributed by atoms with Crippen LogP contribution in [0, 0.1) is 0 Å². The number of aromatic nitrogens is 4. The van der Waals surface area contributed by atoms with Crippen LogP contribution in [0.4, 0.5) is 5.82 Å². The average Bonchev–Trinajstić information content (AvgIpc) is 2.95. The second-order valence-electron chi connectivity index (χ2n) is 4.91. The molecule has 2 aromatic rings. The van der Waals surface area contributed by atoms with Crippen molar-refractivity contribution < 1.29 is 0 Å². The lowest BCUT2D eigenvalue weighted by Gasteiger charge is -2.38. The molecule has 1 aliphatic heterocycles. The average molecular weight is 291 g/mol. The Balaban J connectivity index is 1.75. The monoisotopic (exact) mass is 291 g/mol. The van der Waals surface area contributed by atoms with Gasteiger partial charge in [-0.25, -0.2) is 4.98 Å². The van der Waals surface area contributed by atoms with Gasteiger partial charge in [-0.2, -0.15) is 0 Å². The second-order valence-corrected chi connectivity index (χ2v) is 5.39. The Hall–Kier alpha value is -1.80. The predicted octanol–water partition coefficient (Wildman–Crippen LogP) is -0.0791. The van der Waals surface area contributed by atoms with E-state index in [1.54, 1.807) is 12.5 Å². The molecule has 3 rings (SSSR count). The zero-order chi connectivity index (χ0) is 14.1. The Morgan fingerprint density at radius 1 is 1.35 bits per heavy atom. The van der Waals surface area contributed by atoms with Gasteiger partial charge in [-0.05, 0) is 6.92 Å². The van der Waals surface area contributed by atoms with E-state index in [0.29, 0.717) is 4.99 Å². The Labute approximate surface area is 122 Å². The van der Waals surface area contributed by atoms with Crippen molar-refractivity contribution in [2.24, 2.45) is 5.73 Å².